The predicted molar refractivity (Wildman–Crippen MR) is 88.9 cm³/mol. The molecule has 0 aliphatic rings. The first-order valence-corrected chi connectivity index (χ1v) is 7.16. The fourth-order valence-corrected chi connectivity index (χ4v) is 2.29. The van der Waals surface area contributed by atoms with Crippen LogP contribution in [-0.2, 0) is 0 Å². The van der Waals surface area contributed by atoms with Crippen LogP contribution in [0.1, 0.15) is 15.9 Å². The SMILES string of the molecule is Cc1c(C(=O)Nc2ccc(Cl)c(Cl)c2)cc([N+](=O)[O-])cc1[N+](=O)[O-]. The number of non-ortho nitro benzene ring substituents is 1. The van der Waals surface area contributed by atoms with E-state index in [0.29, 0.717) is 5.69 Å². The summed E-state index contributed by atoms with van der Waals surface area (Å²) in [6.07, 6.45) is 0. The number of nitro groups is 2. The van der Waals surface area contributed by atoms with Gasteiger partial charge in [0.1, 0.15) is 0 Å². The van der Waals surface area contributed by atoms with E-state index in [1.807, 2.05) is 0 Å². The number of benzene rings is 2. The lowest BCUT2D eigenvalue weighted by Crippen LogP contribution is -2.14. The Morgan fingerprint density at radius 1 is 1.04 bits per heavy atom. The molecule has 8 nitrogen and oxygen atoms in total. The van der Waals surface area contributed by atoms with Crippen LogP contribution in [0.2, 0.25) is 10.0 Å². The van der Waals surface area contributed by atoms with Crippen molar-refractivity contribution in [2.75, 3.05) is 5.32 Å². The van der Waals surface area contributed by atoms with Gasteiger partial charge in [-0.05, 0) is 25.1 Å². The number of carbonyl (C=O) groups excluding carboxylic acids is 1. The smallest absolute Gasteiger partial charge is 0.279 e. The van der Waals surface area contributed by atoms with Crippen molar-refractivity contribution in [2.24, 2.45) is 0 Å². The van der Waals surface area contributed by atoms with Gasteiger partial charge in [-0.2, -0.15) is 0 Å². The maximum atomic E-state index is 12.3. The molecule has 0 atom stereocenters. The Labute approximate surface area is 145 Å². The summed E-state index contributed by atoms with van der Waals surface area (Å²) in [5, 5.41) is 24.9. The first kappa shape index (κ1) is 17.6. The van der Waals surface area contributed by atoms with E-state index in [0.717, 1.165) is 12.1 Å². The van der Waals surface area contributed by atoms with Crippen LogP contribution in [-0.4, -0.2) is 15.8 Å². The van der Waals surface area contributed by atoms with Crippen LogP contribution in [0.15, 0.2) is 30.3 Å². The number of nitrogens with one attached hydrogen (secondary N) is 1. The van der Waals surface area contributed by atoms with Gasteiger partial charge in [0.15, 0.2) is 0 Å². The second-order valence-corrected chi connectivity index (χ2v) is 5.55. The predicted octanol–water partition coefficient (Wildman–Crippen LogP) is 4.37. The zero-order valence-electron chi connectivity index (χ0n) is 12.1. The Bertz CT molecular complexity index is 870. The van der Waals surface area contributed by atoms with Crippen molar-refractivity contribution < 1.29 is 14.6 Å². The summed E-state index contributed by atoms with van der Waals surface area (Å²) >= 11 is 11.6. The number of hydrogen-bond acceptors (Lipinski definition) is 5. The zero-order valence-corrected chi connectivity index (χ0v) is 13.6. The Hall–Kier alpha value is -2.71. The van der Waals surface area contributed by atoms with Crippen molar-refractivity contribution in [2.45, 2.75) is 6.92 Å². The Morgan fingerprint density at radius 2 is 1.71 bits per heavy atom. The third kappa shape index (κ3) is 3.61. The second-order valence-electron chi connectivity index (χ2n) is 4.73. The molecule has 2 aromatic carbocycles. The van der Waals surface area contributed by atoms with E-state index >= 15 is 0 Å². The van der Waals surface area contributed by atoms with Gasteiger partial charge in [-0.25, -0.2) is 0 Å². The first-order valence-electron chi connectivity index (χ1n) is 6.40. The maximum absolute atomic E-state index is 12.3. The zero-order chi connectivity index (χ0) is 18.0. The van der Waals surface area contributed by atoms with Crippen LogP contribution in [0.4, 0.5) is 17.1 Å². The Morgan fingerprint density at radius 3 is 2.25 bits per heavy atom. The fraction of sp³-hybridized carbons (Fsp3) is 0.0714. The number of hydrogen-bond donors (Lipinski definition) is 1. The quantitative estimate of drug-likeness (QED) is 0.634. The molecule has 0 aromatic heterocycles. The lowest BCUT2D eigenvalue weighted by atomic mass is 10.0. The van der Waals surface area contributed by atoms with Gasteiger partial charge in [0, 0.05) is 17.3 Å². The molecule has 0 heterocycles. The van der Waals surface area contributed by atoms with Gasteiger partial charge in [0.05, 0.1) is 31.5 Å². The average molecular weight is 370 g/mol. The van der Waals surface area contributed by atoms with Gasteiger partial charge >= 0.3 is 0 Å². The number of nitrogens with zero attached hydrogens (tertiary/aromatic N) is 2. The van der Waals surface area contributed by atoms with E-state index in [4.69, 9.17) is 23.2 Å². The lowest BCUT2D eigenvalue weighted by molar-refractivity contribution is -0.394. The van der Waals surface area contributed by atoms with Gasteiger partial charge in [-0.1, -0.05) is 23.2 Å². The van der Waals surface area contributed by atoms with E-state index in [-0.39, 0.29) is 21.2 Å². The molecule has 0 unspecified atom stereocenters. The van der Waals surface area contributed by atoms with Crippen LogP contribution in [0.25, 0.3) is 0 Å². The molecule has 2 rings (SSSR count). The van der Waals surface area contributed by atoms with Crippen molar-refractivity contribution in [3.05, 3.63) is 71.7 Å². The summed E-state index contributed by atoms with van der Waals surface area (Å²) in [7, 11) is 0. The van der Waals surface area contributed by atoms with Crippen LogP contribution in [0.3, 0.4) is 0 Å². The highest BCUT2D eigenvalue weighted by molar-refractivity contribution is 6.42. The van der Waals surface area contributed by atoms with E-state index in [1.54, 1.807) is 0 Å². The molecule has 124 valence electrons. The molecule has 10 heteroatoms. The molecule has 0 spiro atoms. The van der Waals surface area contributed by atoms with E-state index < -0.39 is 27.1 Å². The highest BCUT2D eigenvalue weighted by Crippen LogP contribution is 2.29. The van der Waals surface area contributed by atoms with Gasteiger partial charge in [0.2, 0.25) is 0 Å². The van der Waals surface area contributed by atoms with Crippen molar-refractivity contribution in [1.29, 1.82) is 0 Å². The summed E-state index contributed by atoms with van der Waals surface area (Å²) < 4.78 is 0. The fourth-order valence-electron chi connectivity index (χ4n) is 1.99. The molecule has 0 aliphatic carbocycles. The molecule has 0 fully saturated rings. The molecule has 2 aromatic rings. The number of carbonyl (C=O) groups is 1. The summed E-state index contributed by atoms with van der Waals surface area (Å²) in [5.74, 6) is -0.738. The normalized spacial score (nSPS) is 10.3. The number of halogens is 2. The first-order chi connectivity index (χ1) is 11.2. The topological polar surface area (TPSA) is 115 Å². The van der Waals surface area contributed by atoms with Crippen LogP contribution >= 0.6 is 23.2 Å². The van der Waals surface area contributed by atoms with Gasteiger partial charge in [-0.15, -0.1) is 0 Å². The molecule has 0 saturated carbocycles. The number of rotatable bonds is 4. The summed E-state index contributed by atoms with van der Waals surface area (Å²) in [5.41, 5.74) is -0.928. The van der Waals surface area contributed by atoms with Crippen molar-refractivity contribution in [3.8, 4) is 0 Å². The van der Waals surface area contributed by atoms with E-state index in [2.05, 4.69) is 5.32 Å². The number of amides is 1. The monoisotopic (exact) mass is 369 g/mol. The van der Waals surface area contributed by atoms with Gasteiger partial charge in [0.25, 0.3) is 17.3 Å². The van der Waals surface area contributed by atoms with Crippen molar-refractivity contribution in [1.82, 2.24) is 0 Å². The highest BCUT2D eigenvalue weighted by atomic mass is 35.5. The Balaban J connectivity index is 2.46. The largest absolute Gasteiger partial charge is 0.322 e. The van der Waals surface area contributed by atoms with Crippen LogP contribution < -0.4 is 5.32 Å². The van der Waals surface area contributed by atoms with Crippen molar-refractivity contribution in [3.63, 3.8) is 0 Å². The minimum atomic E-state index is -0.803. The van der Waals surface area contributed by atoms with Crippen molar-refractivity contribution >= 4 is 46.2 Å². The summed E-state index contributed by atoms with van der Waals surface area (Å²) in [6.45, 7) is 1.34. The molecule has 0 aliphatic heterocycles. The molecular formula is C14H9Cl2N3O5. The lowest BCUT2D eigenvalue weighted by Gasteiger charge is -2.09. The van der Waals surface area contributed by atoms with Gasteiger partial charge < -0.3 is 5.32 Å². The van der Waals surface area contributed by atoms with Crippen LogP contribution in [0.5, 0.6) is 0 Å². The van der Waals surface area contributed by atoms with E-state index in [9.17, 15) is 25.0 Å². The molecule has 0 saturated heterocycles. The minimum absolute atomic E-state index is 0.0168. The van der Waals surface area contributed by atoms with Crippen LogP contribution in [0, 0.1) is 27.2 Å². The standard InChI is InChI=1S/C14H9Cl2N3O5/c1-7-10(5-9(18(21)22)6-13(7)19(23)24)14(20)17-8-2-3-11(15)12(16)4-8/h2-6H,1H3,(H,17,20). The van der Waals surface area contributed by atoms with Gasteiger partial charge in [-0.3, -0.25) is 25.0 Å². The number of anilines is 1. The van der Waals surface area contributed by atoms with E-state index in [1.165, 1.54) is 25.1 Å². The molecule has 0 radical (unpaired) electrons. The second kappa shape index (κ2) is 6.81. The molecule has 0 bridgehead atoms. The Kier molecular flexibility index (Phi) is 5.01. The average Bonchev–Trinajstić information content (AvgIpc) is 2.50. The minimum Gasteiger partial charge on any atom is -0.322 e. The number of nitro benzene ring substituents is 2. The summed E-state index contributed by atoms with van der Waals surface area (Å²) in [6, 6.07) is 6.12. The summed E-state index contributed by atoms with van der Waals surface area (Å²) in [4.78, 5) is 32.7. The maximum Gasteiger partial charge on any atom is 0.279 e. The third-order valence-corrected chi connectivity index (χ3v) is 3.93. The molecule has 24 heavy (non-hydrogen) atoms. The molecular weight excluding hydrogens is 361 g/mol. The third-order valence-electron chi connectivity index (χ3n) is 3.19. The highest BCUT2D eigenvalue weighted by Gasteiger charge is 2.24. The molecule has 1 amide bonds. The molecule has 1 N–H and O–H groups in total.